The molecule has 0 radical (unpaired) electrons. The summed E-state index contributed by atoms with van der Waals surface area (Å²) >= 11 is 16.1. The van der Waals surface area contributed by atoms with Gasteiger partial charge in [0.1, 0.15) is 6.61 Å². The molecule has 0 saturated heterocycles. The third kappa shape index (κ3) is 10.3. The zero-order valence-electron chi connectivity index (χ0n) is 8.25. The van der Waals surface area contributed by atoms with Crippen LogP contribution in [0.15, 0.2) is 12.2 Å². The second-order valence-electron chi connectivity index (χ2n) is 2.88. The topological polar surface area (TPSA) is 46.5 Å². The Morgan fingerprint density at radius 2 is 2.13 bits per heavy atom. The van der Waals surface area contributed by atoms with Crippen molar-refractivity contribution in [1.29, 1.82) is 0 Å². The van der Waals surface area contributed by atoms with Gasteiger partial charge < -0.3 is 9.84 Å². The molecule has 0 heterocycles. The van der Waals surface area contributed by atoms with Gasteiger partial charge in [-0.3, -0.25) is 4.79 Å². The lowest BCUT2D eigenvalue weighted by Crippen LogP contribution is -2.16. The van der Waals surface area contributed by atoms with E-state index in [-0.39, 0.29) is 13.0 Å². The van der Waals surface area contributed by atoms with Crippen molar-refractivity contribution in [3.05, 3.63) is 12.2 Å². The summed E-state index contributed by atoms with van der Waals surface area (Å²) in [5.74, 6) is -0.499. The Kier molecular flexibility index (Phi) is 7.36. The summed E-state index contributed by atoms with van der Waals surface area (Å²) in [7, 11) is 0. The van der Waals surface area contributed by atoms with Crippen molar-refractivity contribution in [2.75, 3.05) is 6.61 Å². The standard InChI is InChI=1S/C9H13Cl3O3/c1-2-7(13)4-3-5-8(14)15-6-9(10,11)12/h3-4,7,13H,2,5-6H2,1H3/b4-3-. The van der Waals surface area contributed by atoms with Gasteiger partial charge >= 0.3 is 5.97 Å². The van der Waals surface area contributed by atoms with Crippen LogP contribution in [0.1, 0.15) is 19.8 Å². The van der Waals surface area contributed by atoms with Crippen LogP contribution in [0.25, 0.3) is 0 Å². The minimum atomic E-state index is -1.58. The van der Waals surface area contributed by atoms with Crippen molar-refractivity contribution in [3.8, 4) is 0 Å². The molecule has 6 heteroatoms. The Labute approximate surface area is 104 Å². The van der Waals surface area contributed by atoms with Gasteiger partial charge in [0.25, 0.3) is 0 Å². The molecule has 0 amide bonds. The average molecular weight is 276 g/mol. The largest absolute Gasteiger partial charge is 0.461 e. The molecule has 0 spiro atoms. The Balaban J connectivity index is 3.72. The summed E-state index contributed by atoms with van der Waals surface area (Å²) < 4.78 is 3.07. The summed E-state index contributed by atoms with van der Waals surface area (Å²) in [5.41, 5.74) is 0. The van der Waals surface area contributed by atoms with Gasteiger partial charge in [-0.15, -0.1) is 0 Å². The van der Waals surface area contributed by atoms with Crippen molar-refractivity contribution in [1.82, 2.24) is 0 Å². The summed E-state index contributed by atoms with van der Waals surface area (Å²) in [6, 6.07) is 0. The highest BCUT2D eigenvalue weighted by Crippen LogP contribution is 2.25. The van der Waals surface area contributed by atoms with Crippen LogP contribution in [0.5, 0.6) is 0 Å². The number of hydrogen-bond donors (Lipinski definition) is 1. The molecule has 0 fully saturated rings. The molecule has 88 valence electrons. The zero-order chi connectivity index (χ0) is 11.9. The molecule has 0 saturated carbocycles. The van der Waals surface area contributed by atoms with Crippen molar-refractivity contribution in [2.24, 2.45) is 0 Å². The first-order valence-corrected chi connectivity index (χ1v) is 5.55. The van der Waals surface area contributed by atoms with Crippen LogP contribution in [0.3, 0.4) is 0 Å². The Bertz CT molecular complexity index is 223. The number of alkyl halides is 3. The summed E-state index contributed by atoms with van der Waals surface area (Å²) in [5, 5.41) is 9.13. The second-order valence-corrected chi connectivity index (χ2v) is 5.40. The van der Waals surface area contributed by atoms with E-state index >= 15 is 0 Å². The van der Waals surface area contributed by atoms with Crippen molar-refractivity contribution >= 4 is 40.8 Å². The van der Waals surface area contributed by atoms with Gasteiger partial charge in [0, 0.05) is 0 Å². The monoisotopic (exact) mass is 274 g/mol. The fourth-order valence-corrected chi connectivity index (χ4v) is 0.842. The van der Waals surface area contributed by atoms with E-state index in [1.165, 1.54) is 12.2 Å². The van der Waals surface area contributed by atoms with Gasteiger partial charge in [0.05, 0.1) is 12.5 Å². The highest BCUT2D eigenvalue weighted by atomic mass is 35.6. The van der Waals surface area contributed by atoms with Crippen LogP contribution in [-0.4, -0.2) is 27.6 Å². The van der Waals surface area contributed by atoms with E-state index < -0.39 is 15.9 Å². The number of aliphatic hydroxyl groups is 1. The minimum Gasteiger partial charge on any atom is -0.461 e. The molecule has 0 aliphatic rings. The fraction of sp³-hybridized carbons (Fsp3) is 0.667. The molecule has 0 aromatic carbocycles. The molecule has 15 heavy (non-hydrogen) atoms. The molecule has 0 aromatic heterocycles. The van der Waals surface area contributed by atoms with Gasteiger partial charge in [-0.05, 0) is 6.42 Å². The van der Waals surface area contributed by atoms with Crippen molar-refractivity contribution in [3.63, 3.8) is 0 Å². The highest BCUT2D eigenvalue weighted by Gasteiger charge is 2.21. The quantitative estimate of drug-likeness (QED) is 0.477. The minimum absolute atomic E-state index is 0.0534. The molecular formula is C9H13Cl3O3. The first kappa shape index (κ1) is 15.0. The second kappa shape index (κ2) is 7.34. The maximum absolute atomic E-state index is 11.0. The fourth-order valence-electron chi connectivity index (χ4n) is 0.679. The molecule has 0 rings (SSSR count). The molecular weight excluding hydrogens is 262 g/mol. The third-order valence-electron chi connectivity index (χ3n) is 1.46. The van der Waals surface area contributed by atoms with E-state index in [0.717, 1.165) is 0 Å². The van der Waals surface area contributed by atoms with E-state index in [4.69, 9.17) is 39.9 Å². The number of carbonyl (C=O) groups is 1. The molecule has 0 aliphatic heterocycles. The number of aliphatic hydroxyl groups excluding tert-OH is 1. The maximum atomic E-state index is 11.0. The SMILES string of the molecule is CCC(O)/C=C\CC(=O)OCC(Cl)(Cl)Cl. The predicted octanol–water partition coefficient (Wildman–Crippen LogP) is 2.62. The molecule has 0 bridgehead atoms. The molecule has 3 nitrogen and oxygen atoms in total. The predicted molar refractivity (Wildman–Crippen MR) is 61.3 cm³/mol. The van der Waals surface area contributed by atoms with Gasteiger partial charge in [-0.25, -0.2) is 0 Å². The zero-order valence-corrected chi connectivity index (χ0v) is 10.5. The number of halogens is 3. The molecule has 1 N–H and O–H groups in total. The Morgan fingerprint density at radius 3 is 2.60 bits per heavy atom. The summed E-state index contributed by atoms with van der Waals surface area (Å²) in [4.78, 5) is 11.0. The molecule has 0 aromatic rings. The Morgan fingerprint density at radius 1 is 1.53 bits per heavy atom. The molecule has 1 unspecified atom stereocenters. The van der Waals surface area contributed by atoms with Gasteiger partial charge in [-0.2, -0.15) is 0 Å². The Hall–Kier alpha value is 0.0400. The van der Waals surface area contributed by atoms with Crippen LogP contribution in [0.4, 0.5) is 0 Å². The lowest BCUT2D eigenvalue weighted by atomic mass is 10.2. The molecule has 1 atom stereocenters. The van der Waals surface area contributed by atoms with E-state index in [1.54, 1.807) is 0 Å². The lowest BCUT2D eigenvalue weighted by molar-refractivity contribution is -0.142. The number of esters is 1. The van der Waals surface area contributed by atoms with Gasteiger partial charge in [-0.1, -0.05) is 53.9 Å². The van der Waals surface area contributed by atoms with E-state index in [9.17, 15) is 4.79 Å². The van der Waals surface area contributed by atoms with E-state index in [0.29, 0.717) is 6.42 Å². The molecule has 0 aliphatic carbocycles. The number of hydrogen-bond acceptors (Lipinski definition) is 3. The van der Waals surface area contributed by atoms with E-state index in [1.807, 2.05) is 6.92 Å². The number of carbonyl (C=O) groups excluding carboxylic acids is 1. The number of rotatable bonds is 5. The summed E-state index contributed by atoms with van der Waals surface area (Å²) in [6.07, 6.45) is 3.16. The average Bonchev–Trinajstić information content (AvgIpc) is 2.13. The number of ether oxygens (including phenoxy) is 1. The van der Waals surface area contributed by atoms with E-state index in [2.05, 4.69) is 4.74 Å². The summed E-state index contributed by atoms with van der Waals surface area (Å²) in [6.45, 7) is 1.55. The maximum Gasteiger partial charge on any atom is 0.309 e. The third-order valence-corrected chi connectivity index (χ3v) is 1.79. The van der Waals surface area contributed by atoms with Crippen LogP contribution < -0.4 is 0 Å². The van der Waals surface area contributed by atoms with Crippen LogP contribution in [0.2, 0.25) is 0 Å². The highest BCUT2D eigenvalue weighted by molar-refractivity contribution is 6.67. The first-order valence-electron chi connectivity index (χ1n) is 4.42. The smallest absolute Gasteiger partial charge is 0.309 e. The van der Waals surface area contributed by atoms with Crippen molar-refractivity contribution in [2.45, 2.75) is 29.7 Å². The van der Waals surface area contributed by atoms with Crippen molar-refractivity contribution < 1.29 is 14.6 Å². The lowest BCUT2D eigenvalue weighted by Gasteiger charge is -2.10. The van der Waals surface area contributed by atoms with Gasteiger partial charge in [0.2, 0.25) is 3.79 Å². The first-order chi connectivity index (χ1) is 6.85. The van der Waals surface area contributed by atoms with Gasteiger partial charge in [0.15, 0.2) is 0 Å². The van der Waals surface area contributed by atoms with Crippen LogP contribution in [-0.2, 0) is 9.53 Å². The van der Waals surface area contributed by atoms with Crippen LogP contribution >= 0.6 is 34.8 Å². The van der Waals surface area contributed by atoms with Crippen LogP contribution in [0, 0.1) is 0 Å². The normalized spacial score (nSPS) is 14.2.